The highest BCUT2D eigenvalue weighted by atomic mass is 127. The molecule has 5 nitrogen and oxygen atoms in total. The van der Waals surface area contributed by atoms with Crippen LogP contribution in [0.3, 0.4) is 0 Å². The van der Waals surface area contributed by atoms with Crippen molar-refractivity contribution in [3.63, 3.8) is 0 Å². The number of benzene rings is 1. The Morgan fingerprint density at radius 2 is 2.08 bits per heavy atom. The maximum absolute atomic E-state index is 13.3. The standard InChI is InChI=1S/C16H24FN3O2S.HI/c1-11(15(21)22-3)8-19-16(18-2)20-9-12-5-6-14(17)7-13(12)10-23-4;/h5-7,11H,8-10H2,1-4H3,(H2,18,19,20);1H. The van der Waals surface area contributed by atoms with Crippen molar-refractivity contribution in [1.29, 1.82) is 0 Å². The fourth-order valence-electron chi connectivity index (χ4n) is 1.99. The number of methoxy groups -OCH3 is 1. The fourth-order valence-corrected chi connectivity index (χ4v) is 2.57. The molecule has 136 valence electrons. The first kappa shape index (κ1) is 23.0. The van der Waals surface area contributed by atoms with Gasteiger partial charge in [-0.1, -0.05) is 13.0 Å². The van der Waals surface area contributed by atoms with Gasteiger partial charge in [-0.3, -0.25) is 9.79 Å². The van der Waals surface area contributed by atoms with Crippen LogP contribution in [0.5, 0.6) is 0 Å². The SMILES string of the molecule is CN=C(NCc1ccc(F)cc1CSC)NCC(C)C(=O)OC.I. The molecule has 0 fully saturated rings. The van der Waals surface area contributed by atoms with E-state index in [9.17, 15) is 9.18 Å². The Kier molecular flexibility index (Phi) is 11.8. The predicted octanol–water partition coefficient (Wildman–Crippen LogP) is 2.78. The van der Waals surface area contributed by atoms with Crippen molar-refractivity contribution in [2.24, 2.45) is 10.9 Å². The van der Waals surface area contributed by atoms with Crippen LogP contribution < -0.4 is 10.6 Å². The number of hydrogen-bond acceptors (Lipinski definition) is 4. The number of thioether (sulfide) groups is 1. The lowest BCUT2D eigenvalue weighted by atomic mass is 10.1. The lowest BCUT2D eigenvalue weighted by Crippen LogP contribution is -2.40. The van der Waals surface area contributed by atoms with E-state index in [1.54, 1.807) is 37.9 Å². The summed E-state index contributed by atoms with van der Waals surface area (Å²) in [6.45, 7) is 2.73. The average Bonchev–Trinajstić information content (AvgIpc) is 2.55. The fraction of sp³-hybridized carbons (Fsp3) is 0.500. The summed E-state index contributed by atoms with van der Waals surface area (Å²) < 4.78 is 18.0. The molecule has 0 aliphatic heterocycles. The third kappa shape index (κ3) is 7.69. The molecule has 0 bridgehead atoms. The van der Waals surface area contributed by atoms with E-state index in [-0.39, 0.29) is 41.7 Å². The van der Waals surface area contributed by atoms with Gasteiger partial charge in [-0.05, 0) is 29.5 Å². The number of guanidine groups is 1. The van der Waals surface area contributed by atoms with Crippen molar-refractivity contribution in [1.82, 2.24) is 10.6 Å². The number of carbonyl (C=O) groups is 1. The molecule has 1 aromatic carbocycles. The summed E-state index contributed by atoms with van der Waals surface area (Å²) in [4.78, 5) is 15.5. The largest absolute Gasteiger partial charge is 0.469 e. The number of esters is 1. The quantitative estimate of drug-likeness (QED) is 0.279. The Bertz CT molecular complexity index is 558. The predicted molar refractivity (Wildman–Crippen MR) is 108 cm³/mol. The molecule has 2 N–H and O–H groups in total. The summed E-state index contributed by atoms with van der Waals surface area (Å²) in [6, 6.07) is 4.79. The summed E-state index contributed by atoms with van der Waals surface area (Å²) >= 11 is 1.65. The summed E-state index contributed by atoms with van der Waals surface area (Å²) in [5.41, 5.74) is 1.98. The minimum atomic E-state index is -0.270. The lowest BCUT2D eigenvalue weighted by Gasteiger charge is -2.16. The van der Waals surface area contributed by atoms with Crippen molar-refractivity contribution < 1.29 is 13.9 Å². The number of rotatable bonds is 7. The van der Waals surface area contributed by atoms with E-state index in [2.05, 4.69) is 20.4 Å². The van der Waals surface area contributed by atoms with Gasteiger partial charge in [0.1, 0.15) is 5.82 Å². The van der Waals surface area contributed by atoms with Crippen LogP contribution in [0.2, 0.25) is 0 Å². The average molecular weight is 469 g/mol. The molecule has 0 aliphatic carbocycles. The molecule has 1 aromatic rings. The van der Waals surface area contributed by atoms with Gasteiger partial charge in [-0.15, -0.1) is 24.0 Å². The summed E-state index contributed by atoms with van der Waals surface area (Å²) in [6.07, 6.45) is 1.98. The van der Waals surface area contributed by atoms with Gasteiger partial charge < -0.3 is 15.4 Å². The molecule has 0 saturated heterocycles. The Hall–Kier alpha value is -1.03. The monoisotopic (exact) mass is 469 g/mol. The Morgan fingerprint density at radius 3 is 2.67 bits per heavy atom. The number of carbonyl (C=O) groups excluding carboxylic acids is 1. The maximum atomic E-state index is 13.3. The van der Waals surface area contributed by atoms with Gasteiger partial charge in [-0.2, -0.15) is 11.8 Å². The number of nitrogens with zero attached hydrogens (tertiary/aromatic N) is 1. The van der Waals surface area contributed by atoms with Gasteiger partial charge in [-0.25, -0.2) is 4.39 Å². The summed E-state index contributed by atoms with van der Waals surface area (Å²) in [5.74, 6) is 0.567. The van der Waals surface area contributed by atoms with Crippen molar-refractivity contribution in [2.45, 2.75) is 19.2 Å². The molecule has 1 rings (SSSR count). The third-order valence-electron chi connectivity index (χ3n) is 3.32. The van der Waals surface area contributed by atoms with E-state index in [4.69, 9.17) is 0 Å². The molecule has 8 heteroatoms. The highest BCUT2D eigenvalue weighted by Crippen LogP contribution is 2.16. The van der Waals surface area contributed by atoms with E-state index < -0.39 is 0 Å². The topological polar surface area (TPSA) is 62.7 Å². The van der Waals surface area contributed by atoms with Crippen LogP contribution in [-0.2, 0) is 21.8 Å². The molecule has 0 spiro atoms. The highest BCUT2D eigenvalue weighted by molar-refractivity contribution is 14.0. The number of ether oxygens (including phenoxy) is 1. The van der Waals surface area contributed by atoms with Crippen LogP contribution in [0.15, 0.2) is 23.2 Å². The van der Waals surface area contributed by atoms with E-state index in [0.717, 1.165) is 16.9 Å². The third-order valence-corrected chi connectivity index (χ3v) is 3.92. The van der Waals surface area contributed by atoms with Crippen molar-refractivity contribution >= 4 is 47.7 Å². The van der Waals surface area contributed by atoms with E-state index >= 15 is 0 Å². The van der Waals surface area contributed by atoms with Gasteiger partial charge in [0.15, 0.2) is 5.96 Å². The van der Waals surface area contributed by atoms with Gasteiger partial charge >= 0.3 is 5.97 Å². The number of aliphatic imine (C=N–C) groups is 1. The molecular weight excluding hydrogens is 444 g/mol. The zero-order chi connectivity index (χ0) is 17.2. The number of nitrogens with one attached hydrogen (secondary N) is 2. The van der Waals surface area contributed by atoms with Crippen LogP contribution in [0.4, 0.5) is 4.39 Å². The Morgan fingerprint density at radius 1 is 1.38 bits per heavy atom. The van der Waals surface area contributed by atoms with Crippen molar-refractivity contribution in [2.75, 3.05) is 27.0 Å². The first-order chi connectivity index (χ1) is 11.0. The van der Waals surface area contributed by atoms with Gasteiger partial charge in [0.05, 0.1) is 13.0 Å². The molecule has 0 aliphatic rings. The molecule has 24 heavy (non-hydrogen) atoms. The van der Waals surface area contributed by atoms with E-state index in [1.165, 1.54) is 13.2 Å². The second-order valence-electron chi connectivity index (χ2n) is 5.08. The molecule has 0 amide bonds. The first-order valence-corrected chi connectivity index (χ1v) is 8.69. The molecule has 1 unspecified atom stereocenters. The second-order valence-corrected chi connectivity index (χ2v) is 5.94. The summed E-state index contributed by atoms with van der Waals surface area (Å²) in [7, 11) is 3.03. The lowest BCUT2D eigenvalue weighted by molar-refractivity contribution is -0.144. The second kappa shape index (κ2) is 12.3. The van der Waals surface area contributed by atoms with Gasteiger partial charge in [0.2, 0.25) is 0 Å². The Balaban J connectivity index is 0.00000529. The number of hydrogen-bond donors (Lipinski definition) is 2. The Labute approximate surface area is 164 Å². The molecular formula is C16H25FIN3O2S. The van der Waals surface area contributed by atoms with E-state index in [0.29, 0.717) is 19.0 Å². The number of halogens is 2. The van der Waals surface area contributed by atoms with Crippen LogP contribution in [0, 0.1) is 11.7 Å². The van der Waals surface area contributed by atoms with Crippen LogP contribution >= 0.6 is 35.7 Å². The van der Waals surface area contributed by atoms with Crippen molar-refractivity contribution in [3.8, 4) is 0 Å². The van der Waals surface area contributed by atoms with Crippen LogP contribution in [-0.4, -0.2) is 38.9 Å². The van der Waals surface area contributed by atoms with Crippen molar-refractivity contribution in [3.05, 3.63) is 35.1 Å². The molecule has 0 radical (unpaired) electrons. The highest BCUT2D eigenvalue weighted by Gasteiger charge is 2.13. The van der Waals surface area contributed by atoms with Crippen LogP contribution in [0.1, 0.15) is 18.1 Å². The van der Waals surface area contributed by atoms with Crippen LogP contribution in [0.25, 0.3) is 0 Å². The molecule has 1 atom stereocenters. The minimum Gasteiger partial charge on any atom is -0.469 e. The van der Waals surface area contributed by atoms with Gasteiger partial charge in [0.25, 0.3) is 0 Å². The minimum absolute atomic E-state index is 0. The van der Waals surface area contributed by atoms with E-state index in [1.807, 2.05) is 6.26 Å². The van der Waals surface area contributed by atoms with Gasteiger partial charge in [0, 0.05) is 25.9 Å². The zero-order valence-electron chi connectivity index (χ0n) is 14.4. The maximum Gasteiger partial charge on any atom is 0.310 e. The molecule has 0 aromatic heterocycles. The molecule has 0 heterocycles. The first-order valence-electron chi connectivity index (χ1n) is 7.30. The normalized spacial score (nSPS) is 12.1. The zero-order valence-corrected chi connectivity index (χ0v) is 17.5. The molecule has 0 saturated carbocycles. The summed E-state index contributed by atoms with van der Waals surface area (Å²) in [5, 5.41) is 6.25. The smallest absolute Gasteiger partial charge is 0.310 e.